The van der Waals surface area contributed by atoms with E-state index in [9.17, 15) is 9.18 Å². The van der Waals surface area contributed by atoms with Gasteiger partial charge in [-0.25, -0.2) is 4.39 Å². The predicted octanol–water partition coefficient (Wildman–Crippen LogP) is 3.77. The summed E-state index contributed by atoms with van der Waals surface area (Å²) in [6, 6.07) is 6.91. The molecule has 3 heterocycles. The van der Waals surface area contributed by atoms with Gasteiger partial charge in [0.2, 0.25) is 0 Å². The molecule has 1 aromatic carbocycles. The number of pyridine rings is 1. The van der Waals surface area contributed by atoms with E-state index in [1.165, 1.54) is 18.6 Å². The fraction of sp³-hybridized carbons (Fsp3) is 0.333. The second-order valence-corrected chi connectivity index (χ2v) is 7.09. The lowest BCUT2D eigenvalue weighted by Crippen LogP contribution is -2.34. The van der Waals surface area contributed by atoms with Crippen LogP contribution in [0.25, 0.3) is 22.2 Å². The molecule has 0 bridgehead atoms. The van der Waals surface area contributed by atoms with E-state index in [0.29, 0.717) is 52.9 Å². The molecule has 0 radical (unpaired) electrons. The van der Waals surface area contributed by atoms with Crippen LogP contribution in [0.3, 0.4) is 0 Å². The molecule has 0 fully saturated rings. The molecule has 0 aliphatic heterocycles. The highest BCUT2D eigenvalue weighted by molar-refractivity contribution is 5.84. The van der Waals surface area contributed by atoms with Gasteiger partial charge < -0.3 is 9.97 Å². The number of halogens is 1. The van der Waals surface area contributed by atoms with E-state index in [-0.39, 0.29) is 11.4 Å². The van der Waals surface area contributed by atoms with E-state index in [4.69, 9.17) is 0 Å². The third-order valence-electron chi connectivity index (χ3n) is 5.82. The Morgan fingerprint density at radius 2 is 1.97 bits per heavy atom. The van der Waals surface area contributed by atoms with Gasteiger partial charge in [0.05, 0.1) is 22.5 Å². The summed E-state index contributed by atoms with van der Waals surface area (Å²) in [4.78, 5) is 19.1. The van der Waals surface area contributed by atoms with Crippen molar-refractivity contribution < 1.29 is 4.39 Å². The number of H-pyrrole nitrogens is 2. The van der Waals surface area contributed by atoms with Crippen molar-refractivity contribution in [3.63, 3.8) is 0 Å². The van der Waals surface area contributed by atoms with Gasteiger partial charge in [0.1, 0.15) is 18.0 Å². The van der Waals surface area contributed by atoms with E-state index in [1.54, 1.807) is 4.68 Å². The van der Waals surface area contributed by atoms with Crippen molar-refractivity contribution in [2.24, 2.45) is 0 Å². The minimum absolute atomic E-state index is 0.216. The Hall–Kier alpha value is -3.29. The Labute approximate surface area is 167 Å². The number of hydrogen-bond donors (Lipinski definition) is 2. The molecular weight excluding hydrogens is 371 g/mol. The molecule has 8 heteroatoms. The van der Waals surface area contributed by atoms with Crippen LogP contribution < -0.4 is 5.56 Å². The van der Waals surface area contributed by atoms with Gasteiger partial charge in [0, 0.05) is 23.4 Å². The molecule has 0 aliphatic carbocycles. The number of aryl methyl sites for hydroxylation is 1. The maximum Gasteiger partial charge on any atom is 0.252 e. The molecule has 4 rings (SSSR count). The summed E-state index contributed by atoms with van der Waals surface area (Å²) in [5.74, 6) is 0.306. The largest absolute Gasteiger partial charge is 0.331 e. The monoisotopic (exact) mass is 394 g/mol. The molecule has 2 N–H and O–H groups in total. The molecule has 0 saturated carbocycles. The Bertz CT molecular complexity index is 1200. The lowest BCUT2D eigenvalue weighted by molar-refractivity contribution is 0.446. The maximum absolute atomic E-state index is 14.6. The van der Waals surface area contributed by atoms with Gasteiger partial charge in [0.15, 0.2) is 0 Å². The van der Waals surface area contributed by atoms with Crippen molar-refractivity contribution in [2.75, 3.05) is 0 Å². The molecule has 0 saturated heterocycles. The zero-order valence-electron chi connectivity index (χ0n) is 16.7. The Morgan fingerprint density at radius 3 is 2.59 bits per heavy atom. The highest BCUT2D eigenvalue weighted by Crippen LogP contribution is 2.35. The van der Waals surface area contributed by atoms with Crippen molar-refractivity contribution in [1.82, 2.24) is 29.9 Å². The van der Waals surface area contributed by atoms with Crippen LogP contribution in [0.4, 0.5) is 4.39 Å². The first-order valence-electron chi connectivity index (χ1n) is 9.79. The fourth-order valence-electron chi connectivity index (χ4n) is 4.09. The van der Waals surface area contributed by atoms with Crippen LogP contribution >= 0.6 is 0 Å². The molecule has 4 aromatic rings. The number of fused-ring (bicyclic) bond motifs is 1. The molecular formula is C21H23FN6O. The minimum Gasteiger partial charge on any atom is -0.331 e. The van der Waals surface area contributed by atoms with E-state index in [1.807, 2.05) is 39.0 Å². The zero-order valence-corrected chi connectivity index (χ0v) is 16.7. The van der Waals surface area contributed by atoms with Gasteiger partial charge in [-0.1, -0.05) is 19.9 Å². The lowest BCUT2D eigenvalue weighted by atomic mass is 9.75. The second-order valence-electron chi connectivity index (χ2n) is 7.09. The summed E-state index contributed by atoms with van der Waals surface area (Å²) >= 11 is 0. The van der Waals surface area contributed by atoms with Gasteiger partial charge in [0.25, 0.3) is 5.56 Å². The van der Waals surface area contributed by atoms with Crippen LogP contribution in [0, 0.1) is 5.82 Å². The van der Waals surface area contributed by atoms with E-state index < -0.39 is 5.41 Å². The van der Waals surface area contributed by atoms with Crippen LogP contribution in [0.5, 0.6) is 0 Å². The van der Waals surface area contributed by atoms with Crippen LogP contribution in [-0.4, -0.2) is 29.9 Å². The Balaban J connectivity index is 1.84. The smallest absolute Gasteiger partial charge is 0.252 e. The Kier molecular flexibility index (Phi) is 4.77. The van der Waals surface area contributed by atoms with E-state index >= 15 is 0 Å². The number of hydrogen-bond acceptors (Lipinski definition) is 4. The molecule has 0 amide bonds. The summed E-state index contributed by atoms with van der Waals surface area (Å²) in [5.41, 5.74) is 1.70. The summed E-state index contributed by atoms with van der Waals surface area (Å²) in [6.45, 7) is 6.63. The topological polar surface area (TPSA) is 92.2 Å². The van der Waals surface area contributed by atoms with Gasteiger partial charge in [-0.3, -0.25) is 9.48 Å². The first-order valence-corrected chi connectivity index (χ1v) is 9.79. The number of rotatable bonds is 6. The number of aromatic nitrogens is 6. The highest BCUT2D eigenvalue weighted by Gasteiger charge is 2.36. The number of nitrogens with zero attached hydrogens (tertiary/aromatic N) is 4. The molecule has 0 aliphatic rings. The normalized spacial score (nSPS) is 12.0. The number of benzene rings is 1. The molecule has 150 valence electrons. The quantitative estimate of drug-likeness (QED) is 0.521. The Morgan fingerprint density at radius 1 is 1.17 bits per heavy atom. The van der Waals surface area contributed by atoms with Crippen LogP contribution in [0.1, 0.15) is 45.0 Å². The SMILES string of the molecule is CCn1ncc2c(F)cc(-c3ccc(C(CC)(CC)c4nnc[nH]4)c(=O)[nH]3)cc21. The summed E-state index contributed by atoms with van der Waals surface area (Å²) in [5, 5.41) is 12.7. The molecule has 7 nitrogen and oxygen atoms in total. The van der Waals surface area contributed by atoms with Crippen LogP contribution in [0.15, 0.2) is 41.6 Å². The lowest BCUT2D eigenvalue weighted by Gasteiger charge is -2.28. The van der Waals surface area contributed by atoms with Crippen molar-refractivity contribution in [2.45, 2.75) is 45.6 Å². The van der Waals surface area contributed by atoms with E-state index in [0.717, 1.165) is 0 Å². The van der Waals surface area contributed by atoms with Gasteiger partial charge >= 0.3 is 0 Å². The van der Waals surface area contributed by atoms with Gasteiger partial charge in [-0.2, -0.15) is 5.10 Å². The second kappa shape index (κ2) is 7.27. The van der Waals surface area contributed by atoms with Crippen LogP contribution in [-0.2, 0) is 12.0 Å². The molecule has 0 spiro atoms. The fourth-order valence-corrected chi connectivity index (χ4v) is 4.09. The third kappa shape index (κ3) is 2.95. The third-order valence-corrected chi connectivity index (χ3v) is 5.82. The highest BCUT2D eigenvalue weighted by atomic mass is 19.1. The van der Waals surface area contributed by atoms with Crippen molar-refractivity contribution in [3.8, 4) is 11.3 Å². The van der Waals surface area contributed by atoms with Gasteiger partial charge in [-0.05, 0) is 38.0 Å². The standard InChI is InChI=1S/C21H23FN6O/c1-4-21(5-2,20-23-12-24-27-20)15-7-8-17(26-19(15)29)13-9-16(22)14-11-25-28(6-3)18(14)10-13/h7-12H,4-6H2,1-3H3,(H,26,29)(H,23,24,27). The first-order chi connectivity index (χ1) is 14.0. The van der Waals surface area contributed by atoms with E-state index in [2.05, 4.69) is 25.3 Å². The van der Waals surface area contributed by atoms with Crippen molar-refractivity contribution >= 4 is 10.9 Å². The van der Waals surface area contributed by atoms with Crippen molar-refractivity contribution in [1.29, 1.82) is 0 Å². The summed E-state index contributed by atoms with van der Waals surface area (Å²) in [6.07, 6.45) is 4.43. The summed E-state index contributed by atoms with van der Waals surface area (Å²) in [7, 11) is 0. The zero-order chi connectivity index (χ0) is 20.6. The first kappa shape index (κ1) is 19.0. The molecule has 0 atom stereocenters. The molecule has 0 unspecified atom stereocenters. The number of nitrogens with one attached hydrogen (secondary N) is 2. The minimum atomic E-state index is -0.557. The molecule has 29 heavy (non-hydrogen) atoms. The predicted molar refractivity (Wildman–Crippen MR) is 109 cm³/mol. The average molecular weight is 394 g/mol. The van der Waals surface area contributed by atoms with Crippen LogP contribution in [0.2, 0.25) is 0 Å². The maximum atomic E-state index is 14.6. The summed E-state index contributed by atoms with van der Waals surface area (Å²) < 4.78 is 16.3. The average Bonchev–Trinajstić information content (AvgIpc) is 3.40. The molecule has 3 aromatic heterocycles. The number of aromatic amines is 2. The van der Waals surface area contributed by atoms with Gasteiger partial charge in [-0.15, -0.1) is 10.2 Å². The van der Waals surface area contributed by atoms with Crippen molar-refractivity contribution in [3.05, 3.63) is 64.3 Å².